The van der Waals surface area contributed by atoms with Gasteiger partial charge in [0.15, 0.2) is 0 Å². The third-order valence-corrected chi connectivity index (χ3v) is 4.12. The number of thioether (sulfide) groups is 1. The number of fused-ring (bicyclic) bond motifs is 1. The van der Waals surface area contributed by atoms with Crippen LogP contribution in [0.25, 0.3) is 0 Å². The van der Waals surface area contributed by atoms with Gasteiger partial charge >= 0.3 is 0 Å². The Labute approximate surface area is 104 Å². The van der Waals surface area contributed by atoms with Gasteiger partial charge in [0.25, 0.3) is 5.91 Å². The number of carbonyl (C=O) groups is 1. The zero-order valence-electron chi connectivity index (χ0n) is 8.92. The summed E-state index contributed by atoms with van der Waals surface area (Å²) in [7, 11) is 1.65. The van der Waals surface area contributed by atoms with Crippen LogP contribution < -0.4 is 10.2 Å². The molecule has 0 saturated carbocycles. The topological polar surface area (TPSA) is 41.1 Å². The van der Waals surface area contributed by atoms with Crippen molar-refractivity contribution in [3.63, 3.8) is 0 Å². The van der Waals surface area contributed by atoms with Gasteiger partial charge in [-0.15, -0.1) is 11.8 Å². The Bertz CT molecular complexity index is 411. The summed E-state index contributed by atoms with van der Waals surface area (Å²) in [6, 6.07) is 5.91. The molecule has 1 aliphatic heterocycles. The molecule has 16 heavy (non-hydrogen) atoms. The molecular formula is C11H13ClN2OS. The molecule has 3 nitrogen and oxygen atoms in total. The van der Waals surface area contributed by atoms with Gasteiger partial charge in [0.05, 0.1) is 5.56 Å². The number of carbonyl (C=O) groups excluding carboxylic acids is 1. The van der Waals surface area contributed by atoms with E-state index in [0.29, 0.717) is 0 Å². The van der Waals surface area contributed by atoms with E-state index >= 15 is 0 Å². The van der Waals surface area contributed by atoms with Crippen molar-refractivity contribution in [3.8, 4) is 0 Å². The molecule has 5 heteroatoms. The summed E-state index contributed by atoms with van der Waals surface area (Å²) >= 11 is 7.43. The van der Waals surface area contributed by atoms with Gasteiger partial charge in [-0.25, -0.2) is 4.84 Å². The maximum Gasteiger partial charge on any atom is 0.252 e. The van der Waals surface area contributed by atoms with Crippen LogP contribution in [0.5, 0.6) is 0 Å². The first-order valence-corrected chi connectivity index (χ1v) is 6.48. The lowest BCUT2D eigenvalue weighted by Gasteiger charge is -2.25. The van der Waals surface area contributed by atoms with Gasteiger partial charge in [-0.05, 0) is 35.6 Å². The average molecular weight is 257 g/mol. The van der Waals surface area contributed by atoms with Crippen LogP contribution in [-0.2, 0) is 0 Å². The van der Waals surface area contributed by atoms with Gasteiger partial charge in [-0.2, -0.15) is 0 Å². The Morgan fingerprint density at radius 1 is 1.56 bits per heavy atom. The van der Waals surface area contributed by atoms with E-state index in [1.165, 1.54) is 0 Å². The number of amides is 1. The van der Waals surface area contributed by atoms with Crippen molar-refractivity contribution in [1.82, 2.24) is 10.2 Å². The van der Waals surface area contributed by atoms with E-state index in [9.17, 15) is 4.79 Å². The van der Waals surface area contributed by atoms with Crippen molar-refractivity contribution >= 4 is 29.4 Å². The second-order valence-electron chi connectivity index (χ2n) is 3.60. The maximum absolute atomic E-state index is 11.7. The summed E-state index contributed by atoms with van der Waals surface area (Å²) in [6.45, 7) is 0. The molecule has 86 valence electrons. The lowest BCUT2D eigenvalue weighted by Crippen LogP contribution is -2.22. The van der Waals surface area contributed by atoms with Gasteiger partial charge in [-0.3, -0.25) is 4.79 Å². The largest absolute Gasteiger partial charge is 0.355 e. The van der Waals surface area contributed by atoms with Gasteiger partial charge in [0.2, 0.25) is 0 Å². The van der Waals surface area contributed by atoms with Crippen molar-refractivity contribution in [2.24, 2.45) is 0 Å². The zero-order chi connectivity index (χ0) is 11.5. The molecule has 1 heterocycles. The molecule has 0 bridgehead atoms. The Hall–Kier alpha value is -0.710. The summed E-state index contributed by atoms with van der Waals surface area (Å²) in [5.41, 5.74) is 1.86. The van der Waals surface area contributed by atoms with E-state index in [1.807, 2.05) is 18.2 Å². The van der Waals surface area contributed by atoms with Crippen molar-refractivity contribution < 1.29 is 4.79 Å². The first-order valence-electron chi connectivity index (χ1n) is 5.12. The molecule has 0 fully saturated rings. The Morgan fingerprint density at radius 2 is 2.38 bits per heavy atom. The van der Waals surface area contributed by atoms with Crippen LogP contribution in [0.3, 0.4) is 0 Å². The number of hydrogen-bond acceptors (Lipinski definition) is 3. The van der Waals surface area contributed by atoms with Crippen molar-refractivity contribution in [1.29, 1.82) is 0 Å². The minimum absolute atomic E-state index is 0.0421. The number of rotatable bonds is 2. The molecule has 1 unspecified atom stereocenters. The highest BCUT2D eigenvalue weighted by atomic mass is 35.5. The number of nitrogens with one attached hydrogen (secondary N) is 2. The number of benzene rings is 1. The van der Waals surface area contributed by atoms with Crippen LogP contribution in [0.2, 0.25) is 0 Å². The van der Waals surface area contributed by atoms with Gasteiger partial charge in [0.1, 0.15) is 0 Å². The van der Waals surface area contributed by atoms with Gasteiger partial charge in [-0.1, -0.05) is 12.1 Å². The Kier molecular flexibility index (Phi) is 3.74. The average Bonchev–Trinajstić information content (AvgIpc) is 2.36. The summed E-state index contributed by atoms with van der Waals surface area (Å²) in [4.78, 5) is 15.5. The molecule has 0 radical (unpaired) electrons. The van der Waals surface area contributed by atoms with Gasteiger partial charge in [0, 0.05) is 18.0 Å². The van der Waals surface area contributed by atoms with Crippen molar-refractivity contribution in [3.05, 3.63) is 29.3 Å². The van der Waals surface area contributed by atoms with E-state index < -0.39 is 0 Å². The van der Waals surface area contributed by atoms with Crippen molar-refractivity contribution in [2.45, 2.75) is 17.4 Å². The summed E-state index contributed by atoms with van der Waals surface area (Å²) < 4.78 is 0. The fraction of sp³-hybridized carbons (Fsp3) is 0.364. The molecule has 0 aliphatic carbocycles. The summed E-state index contributed by atoms with van der Waals surface area (Å²) in [6.07, 6.45) is 0.984. The predicted octanol–water partition coefficient (Wildman–Crippen LogP) is 2.33. The first-order chi connectivity index (χ1) is 7.77. The molecule has 2 N–H and O–H groups in total. The van der Waals surface area contributed by atoms with Crippen LogP contribution in [0.1, 0.15) is 28.4 Å². The van der Waals surface area contributed by atoms with Crippen LogP contribution in [0, 0.1) is 0 Å². The molecule has 1 atom stereocenters. The normalized spacial score (nSPS) is 19.0. The molecule has 1 amide bonds. The minimum Gasteiger partial charge on any atom is -0.355 e. The molecule has 1 aliphatic rings. The fourth-order valence-electron chi connectivity index (χ4n) is 1.85. The molecule has 1 aromatic rings. The lowest BCUT2D eigenvalue weighted by molar-refractivity contribution is 0.0960. The third-order valence-electron chi connectivity index (χ3n) is 2.68. The van der Waals surface area contributed by atoms with E-state index in [1.54, 1.807) is 18.8 Å². The molecule has 0 aromatic heterocycles. The number of hydrogen-bond donors (Lipinski definition) is 2. The lowest BCUT2D eigenvalue weighted by atomic mass is 10.0. The SMILES string of the molecule is CNC(=O)c1cccc2c1SCCC2NCl. The van der Waals surface area contributed by atoms with E-state index in [2.05, 4.69) is 10.2 Å². The highest BCUT2D eigenvalue weighted by Gasteiger charge is 2.23. The Balaban J connectivity index is 2.46. The number of halogens is 1. The van der Waals surface area contributed by atoms with E-state index in [0.717, 1.165) is 28.2 Å². The summed E-state index contributed by atoms with van der Waals surface area (Å²) in [5.74, 6) is 0.936. The summed E-state index contributed by atoms with van der Waals surface area (Å²) in [5, 5.41) is 2.66. The maximum atomic E-state index is 11.7. The monoisotopic (exact) mass is 256 g/mol. The third kappa shape index (κ3) is 2.05. The fourth-order valence-corrected chi connectivity index (χ4v) is 3.33. The second kappa shape index (κ2) is 5.08. The van der Waals surface area contributed by atoms with Gasteiger partial charge < -0.3 is 5.32 Å². The smallest absolute Gasteiger partial charge is 0.252 e. The van der Waals surface area contributed by atoms with Crippen molar-refractivity contribution in [2.75, 3.05) is 12.8 Å². The minimum atomic E-state index is -0.0421. The molecule has 0 spiro atoms. The van der Waals surface area contributed by atoms with Crippen LogP contribution in [0.15, 0.2) is 23.1 Å². The molecule has 2 rings (SSSR count). The zero-order valence-corrected chi connectivity index (χ0v) is 10.5. The van der Waals surface area contributed by atoms with Crippen LogP contribution in [-0.4, -0.2) is 18.7 Å². The quantitative estimate of drug-likeness (QED) is 0.798. The van der Waals surface area contributed by atoms with E-state index in [4.69, 9.17) is 11.8 Å². The standard InChI is InChI=1S/C11H13ClN2OS/c1-13-11(15)8-4-2-3-7-9(14-12)5-6-16-10(7)8/h2-4,9,14H,5-6H2,1H3,(H,13,15). The highest BCUT2D eigenvalue weighted by molar-refractivity contribution is 7.99. The predicted molar refractivity (Wildman–Crippen MR) is 66.9 cm³/mol. The van der Waals surface area contributed by atoms with Crippen LogP contribution >= 0.6 is 23.5 Å². The molecular weight excluding hydrogens is 244 g/mol. The van der Waals surface area contributed by atoms with E-state index in [-0.39, 0.29) is 11.9 Å². The second-order valence-corrected chi connectivity index (χ2v) is 4.93. The Morgan fingerprint density at radius 3 is 3.06 bits per heavy atom. The molecule has 0 saturated heterocycles. The first kappa shape index (κ1) is 11.8. The van der Waals surface area contributed by atoms with Crippen LogP contribution in [0.4, 0.5) is 0 Å². The highest BCUT2D eigenvalue weighted by Crippen LogP contribution is 2.38. The molecule has 1 aromatic carbocycles.